The molecule has 0 saturated heterocycles. The zero-order valence-corrected chi connectivity index (χ0v) is 6.85. The summed E-state index contributed by atoms with van der Waals surface area (Å²) < 4.78 is 5.32. The van der Waals surface area contributed by atoms with Gasteiger partial charge in [-0.15, -0.1) is 0 Å². The summed E-state index contributed by atoms with van der Waals surface area (Å²) in [6.07, 6.45) is 1.02. The minimum Gasteiger partial charge on any atom is -0.477 e. The summed E-state index contributed by atoms with van der Waals surface area (Å²) in [5.74, 6) is 0.841. The number of ether oxygens (including phenoxy) is 1. The van der Waals surface area contributed by atoms with Crippen molar-refractivity contribution in [3.05, 3.63) is 22.9 Å². The number of aromatic nitrogens is 1. The molecule has 1 aromatic heterocycles. The second kappa shape index (κ2) is 2.22. The number of nitrogens with zero attached hydrogens (tertiary/aromatic N) is 1. The molecule has 0 fully saturated rings. The lowest BCUT2D eigenvalue weighted by Gasteiger charge is -2.01. The molecule has 2 heteroatoms. The Morgan fingerprint density at radius 2 is 2.27 bits per heavy atom. The van der Waals surface area contributed by atoms with Crippen molar-refractivity contribution < 1.29 is 4.74 Å². The summed E-state index contributed by atoms with van der Waals surface area (Å²) in [7, 11) is 0. The van der Waals surface area contributed by atoms with Crippen LogP contribution < -0.4 is 4.74 Å². The van der Waals surface area contributed by atoms with E-state index < -0.39 is 0 Å². The van der Waals surface area contributed by atoms with Crippen LogP contribution in [0.15, 0.2) is 6.07 Å². The fraction of sp³-hybridized carbons (Fsp3) is 0.444. The highest BCUT2D eigenvalue weighted by atomic mass is 16.5. The van der Waals surface area contributed by atoms with Crippen molar-refractivity contribution in [2.45, 2.75) is 20.3 Å². The zero-order valence-electron chi connectivity index (χ0n) is 6.85. The monoisotopic (exact) mass is 149 g/mol. The van der Waals surface area contributed by atoms with E-state index in [1.807, 2.05) is 6.92 Å². The highest BCUT2D eigenvalue weighted by Gasteiger charge is 2.13. The number of pyridine rings is 1. The highest BCUT2D eigenvalue weighted by molar-refractivity contribution is 5.35. The summed E-state index contributed by atoms with van der Waals surface area (Å²) in [5.41, 5.74) is 3.59. The third kappa shape index (κ3) is 0.985. The highest BCUT2D eigenvalue weighted by Crippen LogP contribution is 2.24. The van der Waals surface area contributed by atoms with Crippen LogP contribution in [0.3, 0.4) is 0 Å². The van der Waals surface area contributed by atoms with Gasteiger partial charge >= 0.3 is 0 Å². The Bertz CT molecular complexity index is 265. The van der Waals surface area contributed by atoms with E-state index in [-0.39, 0.29) is 0 Å². The molecule has 1 aliphatic rings. The maximum atomic E-state index is 5.32. The lowest BCUT2D eigenvalue weighted by atomic mass is 10.1. The number of hydrogen-bond donors (Lipinski definition) is 0. The van der Waals surface area contributed by atoms with E-state index in [4.69, 9.17) is 4.74 Å². The standard InChI is InChI=1S/C9H11NO/c1-6-5-8-3-4-11-9(8)10-7(6)2/h5H,3-4H2,1-2H3. The zero-order chi connectivity index (χ0) is 7.84. The van der Waals surface area contributed by atoms with Gasteiger partial charge in [0.1, 0.15) is 0 Å². The van der Waals surface area contributed by atoms with Gasteiger partial charge in [-0.3, -0.25) is 0 Å². The lowest BCUT2D eigenvalue weighted by Crippen LogP contribution is -1.91. The molecule has 0 aromatic carbocycles. The molecule has 2 heterocycles. The van der Waals surface area contributed by atoms with Crippen molar-refractivity contribution in [2.75, 3.05) is 6.61 Å². The molecule has 0 atom stereocenters. The van der Waals surface area contributed by atoms with Gasteiger partial charge in [-0.2, -0.15) is 0 Å². The molecule has 2 rings (SSSR count). The fourth-order valence-corrected chi connectivity index (χ4v) is 1.30. The van der Waals surface area contributed by atoms with Gasteiger partial charge in [0.2, 0.25) is 5.88 Å². The maximum Gasteiger partial charge on any atom is 0.216 e. The smallest absolute Gasteiger partial charge is 0.216 e. The molecule has 1 aliphatic heterocycles. The topological polar surface area (TPSA) is 22.1 Å². The summed E-state index contributed by atoms with van der Waals surface area (Å²) in [5, 5.41) is 0. The van der Waals surface area contributed by atoms with Crippen LogP contribution in [0.4, 0.5) is 0 Å². The van der Waals surface area contributed by atoms with Crippen LogP contribution >= 0.6 is 0 Å². The van der Waals surface area contributed by atoms with E-state index in [0.29, 0.717) is 0 Å². The van der Waals surface area contributed by atoms with E-state index in [1.165, 1.54) is 11.1 Å². The van der Waals surface area contributed by atoms with Crippen molar-refractivity contribution in [1.29, 1.82) is 0 Å². The summed E-state index contributed by atoms with van der Waals surface area (Å²) >= 11 is 0. The molecule has 1 aromatic rings. The van der Waals surface area contributed by atoms with Gasteiger partial charge in [0, 0.05) is 17.7 Å². The molecule has 0 saturated carbocycles. The van der Waals surface area contributed by atoms with E-state index in [9.17, 15) is 0 Å². The average Bonchev–Trinajstić information content (AvgIpc) is 2.36. The summed E-state index contributed by atoms with van der Waals surface area (Å²) in [6, 6.07) is 2.17. The van der Waals surface area contributed by atoms with E-state index in [1.54, 1.807) is 0 Å². The largest absolute Gasteiger partial charge is 0.477 e. The lowest BCUT2D eigenvalue weighted by molar-refractivity contribution is 0.344. The van der Waals surface area contributed by atoms with Crippen molar-refractivity contribution >= 4 is 0 Å². The Kier molecular flexibility index (Phi) is 1.34. The van der Waals surface area contributed by atoms with Crippen LogP contribution in [0.25, 0.3) is 0 Å². The molecule has 11 heavy (non-hydrogen) atoms. The first kappa shape index (κ1) is 6.65. The van der Waals surface area contributed by atoms with Crippen molar-refractivity contribution in [1.82, 2.24) is 4.98 Å². The maximum absolute atomic E-state index is 5.32. The van der Waals surface area contributed by atoms with Crippen LogP contribution in [-0.4, -0.2) is 11.6 Å². The minimum atomic E-state index is 0.797. The Balaban J connectivity index is 2.57. The molecule has 0 N–H and O–H groups in total. The van der Waals surface area contributed by atoms with Gasteiger partial charge in [0.05, 0.1) is 6.61 Å². The quantitative estimate of drug-likeness (QED) is 0.559. The molecule has 0 amide bonds. The molecule has 0 bridgehead atoms. The number of fused-ring (bicyclic) bond motifs is 1. The van der Waals surface area contributed by atoms with Crippen LogP contribution in [-0.2, 0) is 6.42 Å². The molecule has 0 unspecified atom stereocenters. The Labute approximate surface area is 66.2 Å². The van der Waals surface area contributed by atoms with Gasteiger partial charge in [-0.25, -0.2) is 4.98 Å². The molecule has 58 valence electrons. The molecular formula is C9H11NO. The second-order valence-corrected chi connectivity index (χ2v) is 2.95. The third-order valence-electron chi connectivity index (χ3n) is 2.12. The Hall–Kier alpha value is -1.05. The predicted octanol–water partition coefficient (Wildman–Crippen LogP) is 1.63. The molecule has 0 radical (unpaired) electrons. The predicted molar refractivity (Wildman–Crippen MR) is 42.9 cm³/mol. The van der Waals surface area contributed by atoms with E-state index in [2.05, 4.69) is 18.0 Å². The van der Waals surface area contributed by atoms with Gasteiger partial charge < -0.3 is 4.74 Å². The van der Waals surface area contributed by atoms with Crippen molar-refractivity contribution in [2.24, 2.45) is 0 Å². The number of hydrogen-bond acceptors (Lipinski definition) is 2. The van der Waals surface area contributed by atoms with Gasteiger partial charge in [0.25, 0.3) is 0 Å². The van der Waals surface area contributed by atoms with Crippen LogP contribution in [0, 0.1) is 13.8 Å². The summed E-state index contributed by atoms with van der Waals surface area (Å²) in [6.45, 7) is 4.89. The van der Waals surface area contributed by atoms with E-state index in [0.717, 1.165) is 24.6 Å². The third-order valence-corrected chi connectivity index (χ3v) is 2.12. The van der Waals surface area contributed by atoms with Crippen LogP contribution in [0.5, 0.6) is 5.88 Å². The molecule has 2 nitrogen and oxygen atoms in total. The van der Waals surface area contributed by atoms with Crippen molar-refractivity contribution in [3.63, 3.8) is 0 Å². The fourth-order valence-electron chi connectivity index (χ4n) is 1.30. The molecule has 0 aliphatic carbocycles. The first-order valence-electron chi connectivity index (χ1n) is 3.87. The van der Waals surface area contributed by atoms with Gasteiger partial charge in [-0.1, -0.05) is 0 Å². The first-order chi connectivity index (χ1) is 5.27. The summed E-state index contributed by atoms with van der Waals surface area (Å²) in [4.78, 5) is 4.33. The first-order valence-corrected chi connectivity index (χ1v) is 3.87. The number of aryl methyl sites for hydroxylation is 2. The average molecular weight is 149 g/mol. The van der Waals surface area contributed by atoms with Gasteiger partial charge in [0.15, 0.2) is 0 Å². The normalized spacial score (nSPS) is 14.4. The minimum absolute atomic E-state index is 0.797. The van der Waals surface area contributed by atoms with Crippen LogP contribution in [0.1, 0.15) is 16.8 Å². The SMILES string of the molecule is Cc1cc2c(nc1C)OCC2. The number of rotatable bonds is 0. The Morgan fingerprint density at radius 1 is 1.45 bits per heavy atom. The van der Waals surface area contributed by atoms with E-state index >= 15 is 0 Å². The van der Waals surface area contributed by atoms with Crippen LogP contribution in [0.2, 0.25) is 0 Å². The Morgan fingerprint density at radius 3 is 3.09 bits per heavy atom. The molecule has 0 spiro atoms. The van der Waals surface area contributed by atoms with Crippen molar-refractivity contribution in [3.8, 4) is 5.88 Å². The molecular weight excluding hydrogens is 138 g/mol. The van der Waals surface area contributed by atoms with Gasteiger partial charge in [-0.05, 0) is 25.5 Å². The second-order valence-electron chi connectivity index (χ2n) is 2.95.